The number of hydrazine groups is 1. The van der Waals surface area contributed by atoms with Crippen molar-refractivity contribution in [3.05, 3.63) is 98.2 Å². The zero-order valence-corrected chi connectivity index (χ0v) is 17.6. The van der Waals surface area contributed by atoms with Gasteiger partial charge in [0.1, 0.15) is 0 Å². The number of fused-ring (bicyclic) bond motifs is 1. The van der Waals surface area contributed by atoms with E-state index in [1.165, 1.54) is 18.2 Å². The van der Waals surface area contributed by atoms with Crippen LogP contribution in [-0.2, 0) is 6.42 Å². The number of anilines is 2. The number of nitrogens with one attached hydrogen (secondary N) is 5. The number of nitrogens with zero attached hydrogens (tertiary/aromatic N) is 1. The molecule has 0 spiro atoms. The summed E-state index contributed by atoms with van der Waals surface area (Å²) in [5.41, 5.74) is 6.28. The molecule has 0 radical (unpaired) electrons. The number of hydrogen-bond donors (Lipinski definition) is 5. The molecule has 0 saturated carbocycles. The third-order valence-electron chi connectivity index (χ3n) is 4.83. The Hall–Kier alpha value is -4.73. The Balaban J connectivity index is 1.50. The molecule has 0 aliphatic heterocycles. The molecule has 2 aromatic carbocycles. The van der Waals surface area contributed by atoms with Crippen LogP contribution in [0.2, 0.25) is 0 Å². The second-order valence-corrected chi connectivity index (χ2v) is 7.15. The lowest BCUT2D eigenvalue weighted by Crippen LogP contribution is -2.31. The highest BCUT2D eigenvalue weighted by atomic mass is 16.2. The minimum absolute atomic E-state index is 0.110. The van der Waals surface area contributed by atoms with E-state index in [4.69, 9.17) is 0 Å². The highest BCUT2D eigenvalue weighted by Gasteiger charge is 2.13. The van der Waals surface area contributed by atoms with E-state index in [9.17, 15) is 19.2 Å². The van der Waals surface area contributed by atoms with E-state index in [2.05, 4.69) is 31.1 Å². The summed E-state index contributed by atoms with van der Waals surface area (Å²) >= 11 is 0. The molecule has 0 saturated heterocycles. The Morgan fingerprint density at radius 2 is 1.70 bits per heavy atom. The van der Waals surface area contributed by atoms with Crippen LogP contribution < -0.4 is 27.3 Å². The van der Waals surface area contributed by atoms with Gasteiger partial charge in [-0.2, -0.15) is 0 Å². The van der Waals surface area contributed by atoms with Gasteiger partial charge in [0.05, 0.1) is 5.56 Å². The lowest BCUT2D eigenvalue weighted by Gasteiger charge is -2.11. The van der Waals surface area contributed by atoms with Crippen molar-refractivity contribution in [1.29, 1.82) is 0 Å². The summed E-state index contributed by atoms with van der Waals surface area (Å²) in [6.07, 6.45) is 0.566. The first-order valence-electron chi connectivity index (χ1n) is 10.1. The topological polar surface area (TPSA) is 149 Å². The molecule has 0 fully saturated rings. The average molecular weight is 444 g/mol. The number of carbonyl (C=O) groups excluding carboxylic acids is 2. The van der Waals surface area contributed by atoms with Crippen LogP contribution in [0.25, 0.3) is 10.9 Å². The number of aromatic amines is 2. The second-order valence-electron chi connectivity index (χ2n) is 7.15. The first kappa shape index (κ1) is 21.5. The average Bonchev–Trinajstić information content (AvgIpc) is 2.81. The molecule has 33 heavy (non-hydrogen) atoms. The predicted molar refractivity (Wildman–Crippen MR) is 124 cm³/mol. The van der Waals surface area contributed by atoms with Gasteiger partial charge in [0, 0.05) is 40.0 Å². The molecule has 4 aromatic rings. The molecule has 10 nitrogen and oxygen atoms in total. The number of pyridine rings is 1. The third kappa shape index (κ3) is 4.96. The smallest absolute Gasteiger partial charge is 0.269 e. The number of aromatic nitrogens is 3. The summed E-state index contributed by atoms with van der Waals surface area (Å²) in [7, 11) is 0. The first-order valence-corrected chi connectivity index (χ1v) is 10.1. The quantitative estimate of drug-likeness (QED) is 0.288. The van der Waals surface area contributed by atoms with E-state index in [1.54, 1.807) is 42.5 Å². The maximum Gasteiger partial charge on any atom is 0.269 e. The Morgan fingerprint density at radius 3 is 2.52 bits per heavy atom. The number of benzene rings is 2. The summed E-state index contributed by atoms with van der Waals surface area (Å²) in [6.45, 7) is 1.86. The fourth-order valence-corrected chi connectivity index (χ4v) is 3.27. The monoisotopic (exact) mass is 444 g/mol. The van der Waals surface area contributed by atoms with Crippen LogP contribution in [0.4, 0.5) is 11.6 Å². The van der Waals surface area contributed by atoms with Gasteiger partial charge in [-0.1, -0.05) is 31.2 Å². The summed E-state index contributed by atoms with van der Waals surface area (Å²) < 4.78 is 0. The van der Waals surface area contributed by atoms with Crippen LogP contribution in [0, 0.1) is 0 Å². The minimum atomic E-state index is -0.503. The molecule has 166 valence electrons. The predicted octanol–water partition coefficient (Wildman–Crippen LogP) is 2.18. The van der Waals surface area contributed by atoms with Crippen molar-refractivity contribution in [2.24, 2.45) is 0 Å². The molecule has 0 aliphatic rings. The van der Waals surface area contributed by atoms with Gasteiger partial charge >= 0.3 is 0 Å². The Morgan fingerprint density at radius 1 is 0.909 bits per heavy atom. The van der Waals surface area contributed by atoms with Crippen molar-refractivity contribution < 1.29 is 9.59 Å². The summed E-state index contributed by atoms with van der Waals surface area (Å²) in [6, 6.07) is 15.9. The van der Waals surface area contributed by atoms with E-state index >= 15 is 0 Å². The fourth-order valence-electron chi connectivity index (χ4n) is 3.27. The summed E-state index contributed by atoms with van der Waals surface area (Å²) in [5.74, 6) is -0.873. The number of rotatable bonds is 6. The van der Waals surface area contributed by atoms with Crippen LogP contribution in [-0.4, -0.2) is 26.8 Å². The number of carbonyl (C=O) groups is 2. The van der Waals surface area contributed by atoms with E-state index in [0.717, 1.165) is 0 Å². The molecular formula is C23H20N6O4. The van der Waals surface area contributed by atoms with Crippen molar-refractivity contribution >= 4 is 34.4 Å². The highest BCUT2D eigenvalue weighted by molar-refractivity contribution is 6.12. The first-order chi connectivity index (χ1) is 15.9. The van der Waals surface area contributed by atoms with Crippen molar-refractivity contribution in [2.75, 3.05) is 10.7 Å². The molecule has 2 aromatic heterocycles. The molecule has 0 unspecified atom stereocenters. The van der Waals surface area contributed by atoms with E-state index < -0.39 is 17.4 Å². The minimum Gasteiger partial charge on any atom is -0.322 e. The van der Waals surface area contributed by atoms with Crippen molar-refractivity contribution in [3.63, 3.8) is 0 Å². The molecule has 2 amide bonds. The standard InChI is InChI=1S/C23H20N6O4/c1-2-14-11-19(30)27-23(25-14)29-28-21(32)13-6-5-7-15(10-13)24-22(33)17-12-20(31)26-18-9-4-3-8-16(17)18/h3-12H,2H2,1H3,(H,24,33)(H,26,31)(H,28,32)(H2,25,27,29,30). The molecule has 10 heteroatoms. The van der Waals surface area contributed by atoms with Crippen LogP contribution in [0.1, 0.15) is 33.3 Å². The number of H-pyrrole nitrogens is 2. The SMILES string of the molecule is CCc1cc(=O)[nH]c(NNC(=O)c2cccc(NC(=O)c3cc(=O)[nH]c4ccccc34)c2)n1. The van der Waals surface area contributed by atoms with Gasteiger partial charge in [-0.15, -0.1) is 0 Å². The fraction of sp³-hybridized carbons (Fsp3) is 0.0870. The number of amides is 2. The third-order valence-corrected chi connectivity index (χ3v) is 4.83. The Bertz CT molecular complexity index is 1470. The largest absolute Gasteiger partial charge is 0.322 e. The summed E-state index contributed by atoms with van der Waals surface area (Å²) in [4.78, 5) is 58.3. The van der Waals surface area contributed by atoms with Gasteiger partial charge in [0.2, 0.25) is 11.5 Å². The Labute approximate surface area is 187 Å². The van der Waals surface area contributed by atoms with Crippen LogP contribution in [0.3, 0.4) is 0 Å². The molecule has 2 heterocycles. The van der Waals surface area contributed by atoms with Gasteiger partial charge in [-0.05, 0) is 30.7 Å². The maximum atomic E-state index is 12.8. The molecular weight excluding hydrogens is 424 g/mol. The number of hydrogen-bond acceptors (Lipinski definition) is 6. The zero-order chi connectivity index (χ0) is 23.4. The van der Waals surface area contributed by atoms with Gasteiger partial charge in [0.15, 0.2) is 0 Å². The van der Waals surface area contributed by atoms with E-state index in [1.807, 2.05) is 6.92 Å². The highest BCUT2D eigenvalue weighted by Crippen LogP contribution is 2.17. The summed E-state index contributed by atoms with van der Waals surface area (Å²) in [5, 5.41) is 3.32. The van der Waals surface area contributed by atoms with Crippen molar-refractivity contribution in [2.45, 2.75) is 13.3 Å². The Kier molecular flexibility index (Phi) is 5.98. The maximum absolute atomic E-state index is 12.8. The van der Waals surface area contributed by atoms with Crippen LogP contribution in [0.5, 0.6) is 0 Å². The molecule has 5 N–H and O–H groups in total. The number of para-hydroxylation sites is 1. The van der Waals surface area contributed by atoms with Gasteiger partial charge in [-0.3, -0.25) is 35.0 Å². The lowest BCUT2D eigenvalue weighted by atomic mass is 10.1. The van der Waals surface area contributed by atoms with E-state index in [0.29, 0.717) is 28.7 Å². The second kappa shape index (κ2) is 9.18. The molecule has 0 aliphatic carbocycles. The normalized spacial score (nSPS) is 10.6. The van der Waals surface area contributed by atoms with Gasteiger partial charge < -0.3 is 10.3 Å². The van der Waals surface area contributed by atoms with Crippen molar-refractivity contribution in [3.8, 4) is 0 Å². The lowest BCUT2D eigenvalue weighted by molar-refractivity contribution is 0.0960. The van der Waals surface area contributed by atoms with Crippen LogP contribution >= 0.6 is 0 Å². The molecule has 0 bridgehead atoms. The zero-order valence-electron chi connectivity index (χ0n) is 17.6. The van der Waals surface area contributed by atoms with E-state index in [-0.39, 0.29) is 22.6 Å². The van der Waals surface area contributed by atoms with Gasteiger partial charge in [-0.25, -0.2) is 4.98 Å². The van der Waals surface area contributed by atoms with Crippen LogP contribution in [0.15, 0.2) is 70.3 Å². The van der Waals surface area contributed by atoms with Crippen molar-refractivity contribution in [1.82, 2.24) is 20.4 Å². The molecule has 0 atom stereocenters. The molecule has 4 rings (SSSR count). The number of aryl methyl sites for hydroxylation is 1. The van der Waals surface area contributed by atoms with Gasteiger partial charge in [0.25, 0.3) is 17.4 Å².